The first-order valence-corrected chi connectivity index (χ1v) is 9.81. The second-order valence-corrected chi connectivity index (χ2v) is 7.23. The third kappa shape index (κ3) is 4.47. The van der Waals surface area contributed by atoms with E-state index in [0.29, 0.717) is 23.8 Å². The van der Waals surface area contributed by atoms with Gasteiger partial charge in [0.2, 0.25) is 5.95 Å². The van der Waals surface area contributed by atoms with Gasteiger partial charge < -0.3 is 15.4 Å². The Hall–Kier alpha value is -4.36. The van der Waals surface area contributed by atoms with Gasteiger partial charge in [-0.05, 0) is 73.5 Å². The highest BCUT2D eigenvalue weighted by Crippen LogP contribution is 2.32. The van der Waals surface area contributed by atoms with Crippen molar-refractivity contribution in [3.05, 3.63) is 77.0 Å². The highest BCUT2D eigenvalue weighted by atomic mass is 16.5. The number of nitriles is 2. The number of ether oxygens (including phenoxy) is 1. The molecule has 1 unspecified atom stereocenters. The van der Waals surface area contributed by atoms with Crippen molar-refractivity contribution in [2.45, 2.75) is 26.4 Å². The largest absolute Gasteiger partial charge is 0.475 e. The molecule has 0 amide bonds. The van der Waals surface area contributed by atoms with Gasteiger partial charge in [0, 0.05) is 29.6 Å². The number of rotatable bonds is 5. The Bertz CT molecular complexity index is 1210. The van der Waals surface area contributed by atoms with Gasteiger partial charge in [0.25, 0.3) is 0 Å². The third-order valence-corrected chi connectivity index (χ3v) is 4.93. The molecule has 0 aliphatic carbocycles. The van der Waals surface area contributed by atoms with Crippen LogP contribution in [0.15, 0.2) is 54.7 Å². The van der Waals surface area contributed by atoms with Gasteiger partial charge in [-0.1, -0.05) is 0 Å². The molecule has 1 aliphatic heterocycles. The lowest BCUT2D eigenvalue weighted by atomic mass is 10.0. The van der Waals surface area contributed by atoms with E-state index in [1.807, 2.05) is 44.2 Å². The molecule has 0 fully saturated rings. The van der Waals surface area contributed by atoms with Gasteiger partial charge in [-0.2, -0.15) is 15.5 Å². The molecule has 31 heavy (non-hydrogen) atoms. The Labute approximate surface area is 180 Å². The molecule has 0 saturated carbocycles. The molecule has 152 valence electrons. The van der Waals surface area contributed by atoms with Gasteiger partial charge in [-0.25, -0.2) is 4.98 Å². The number of anilines is 4. The number of nitrogens with one attached hydrogen (secondary N) is 2. The van der Waals surface area contributed by atoms with E-state index in [2.05, 4.69) is 32.7 Å². The first-order valence-electron chi connectivity index (χ1n) is 9.81. The van der Waals surface area contributed by atoms with E-state index in [4.69, 9.17) is 15.3 Å². The summed E-state index contributed by atoms with van der Waals surface area (Å²) < 4.78 is 5.68. The van der Waals surface area contributed by atoms with Crippen LogP contribution < -0.4 is 10.6 Å². The van der Waals surface area contributed by atoms with Crippen molar-refractivity contribution in [2.24, 2.45) is 0 Å². The molecule has 3 aromatic rings. The zero-order chi connectivity index (χ0) is 21.8. The zero-order valence-corrected chi connectivity index (χ0v) is 17.2. The smallest absolute Gasteiger partial charge is 0.229 e. The standard InChI is InChI=1S/C24H20N6O/c1-15-11-18(21-8-7-20(14-26)31-21)12-16(2)23(15)29-22-9-10-27-24(30-22)28-19-5-3-17(13-25)4-6-19/h3-6,8-12,20H,7H2,1-2H3,(H2,27,28,29,30). The lowest BCUT2D eigenvalue weighted by molar-refractivity contribution is 0.244. The van der Waals surface area contributed by atoms with E-state index in [0.717, 1.165) is 33.8 Å². The van der Waals surface area contributed by atoms with Gasteiger partial charge in [-0.15, -0.1) is 0 Å². The molecular weight excluding hydrogens is 388 g/mol. The van der Waals surface area contributed by atoms with Gasteiger partial charge in [0.1, 0.15) is 17.6 Å². The fraction of sp³-hybridized carbons (Fsp3) is 0.167. The van der Waals surface area contributed by atoms with Crippen LogP contribution in [0.4, 0.5) is 23.1 Å². The van der Waals surface area contributed by atoms with Crippen molar-refractivity contribution in [3.8, 4) is 12.1 Å². The summed E-state index contributed by atoms with van der Waals surface area (Å²) in [6, 6.07) is 17.2. The highest BCUT2D eigenvalue weighted by molar-refractivity contribution is 5.72. The second kappa shape index (κ2) is 8.56. The fourth-order valence-electron chi connectivity index (χ4n) is 3.41. The van der Waals surface area contributed by atoms with Gasteiger partial charge in [0.05, 0.1) is 11.6 Å². The molecule has 2 heterocycles. The minimum Gasteiger partial charge on any atom is -0.475 e. The van der Waals surface area contributed by atoms with E-state index in [9.17, 15) is 0 Å². The van der Waals surface area contributed by atoms with Gasteiger partial charge >= 0.3 is 0 Å². The lowest BCUT2D eigenvalue weighted by Crippen LogP contribution is -2.04. The van der Waals surface area contributed by atoms with E-state index in [1.165, 1.54) is 0 Å². The molecule has 7 nitrogen and oxygen atoms in total. The van der Waals surface area contributed by atoms with Gasteiger partial charge in [0.15, 0.2) is 6.10 Å². The molecule has 1 atom stereocenters. The van der Waals surface area contributed by atoms with Crippen LogP contribution in [0, 0.1) is 36.5 Å². The van der Waals surface area contributed by atoms with E-state index in [-0.39, 0.29) is 0 Å². The first kappa shape index (κ1) is 19.9. The summed E-state index contributed by atoms with van der Waals surface area (Å²) >= 11 is 0. The van der Waals surface area contributed by atoms with Crippen molar-refractivity contribution in [2.75, 3.05) is 10.6 Å². The first-order chi connectivity index (χ1) is 15.1. The molecule has 0 spiro atoms. The molecule has 0 radical (unpaired) electrons. The number of aromatic nitrogens is 2. The van der Waals surface area contributed by atoms with E-state index in [1.54, 1.807) is 24.4 Å². The van der Waals surface area contributed by atoms with Crippen molar-refractivity contribution in [1.29, 1.82) is 10.5 Å². The molecule has 0 saturated heterocycles. The Morgan fingerprint density at radius 2 is 1.77 bits per heavy atom. The number of aryl methyl sites for hydroxylation is 2. The minimum atomic E-state index is -0.406. The zero-order valence-electron chi connectivity index (χ0n) is 17.2. The topological polar surface area (TPSA) is 107 Å². The van der Waals surface area contributed by atoms with Crippen molar-refractivity contribution in [1.82, 2.24) is 9.97 Å². The van der Waals surface area contributed by atoms with E-state index >= 15 is 0 Å². The number of hydrogen-bond acceptors (Lipinski definition) is 7. The Morgan fingerprint density at radius 1 is 1.03 bits per heavy atom. The molecule has 2 N–H and O–H groups in total. The van der Waals surface area contributed by atoms with Crippen LogP contribution in [0.3, 0.4) is 0 Å². The van der Waals surface area contributed by atoms with E-state index < -0.39 is 6.10 Å². The summed E-state index contributed by atoms with van der Waals surface area (Å²) in [7, 11) is 0. The number of nitrogens with zero attached hydrogens (tertiary/aromatic N) is 4. The summed E-state index contributed by atoms with van der Waals surface area (Å²) in [6.07, 6.45) is 3.84. The average molecular weight is 408 g/mol. The molecule has 1 aromatic heterocycles. The van der Waals surface area contributed by atoms with Crippen LogP contribution in [-0.4, -0.2) is 16.1 Å². The van der Waals surface area contributed by atoms with Crippen LogP contribution in [0.2, 0.25) is 0 Å². The predicted octanol–water partition coefficient (Wildman–Crippen LogP) is 5.11. The highest BCUT2D eigenvalue weighted by Gasteiger charge is 2.19. The van der Waals surface area contributed by atoms with Crippen LogP contribution in [0.25, 0.3) is 5.76 Å². The average Bonchev–Trinajstić information content (AvgIpc) is 3.26. The van der Waals surface area contributed by atoms with Crippen molar-refractivity contribution in [3.63, 3.8) is 0 Å². The van der Waals surface area contributed by atoms with Crippen LogP contribution in [0.1, 0.15) is 28.7 Å². The summed E-state index contributed by atoms with van der Waals surface area (Å²) in [6.45, 7) is 4.04. The normalized spacial score (nSPS) is 14.7. The maximum atomic E-state index is 9.04. The summed E-state index contributed by atoms with van der Waals surface area (Å²) in [4.78, 5) is 8.81. The molecule has 0 bridgehead atoms. The van der Waals surface area contributed by atoms with Crippen LogP contribution >= 0.6 is 0 Å². The molecule has 2 aromatic carbocycles. The SMILES string of the molecule is Cc1cc(C2=CCC(C#N)O2)cc(C)c1Nc1ccnc(Nc2ccc(C#N)cc2)n1. The lowest BCUT2D eigenvalue weighted by Gasteiger charge is -2.16. The molecule has 1 aliphatic rings. The Balaban J connectivity index is 1.52. The molecule has 4 rings (SSSR count). The van der Waals surface area contributed by atoms with Gasteiger partial charge in [-0.3, -0.25) is 0 Å². The van der Waals surface area contributed by atoms with Crippen LogP contribution in [0.5, 0.6) is 0 Å². The summed E-state index contributed by atoms with van der Waals surface area (Å²) in [5.74, 6) is 1.86. The summed E-state index contributed by atoms with van der Waals surface area (Å²) in [5.41, 5.74) is 5.40. The minimum absolute atomic E-state index is 0.406. The molecular formula is C24H20N6O. The summed E-state index contributed by atoms with van der Waals surface area (Å²) in [5, 5.41) is 24.5. The van der Waals surface area contributed by atoms with Crippen molar-refractivity contribution < 1.29 is 4.74 Å². The second-order valence-electron chi connectivity index (χ2n) is 7.23. The van der Waals surface area contributed by atoms with Crippen molar-refractivity contribution >= 4 is 28.9 Å². The third-order valence-electron chi connectivity index (χ3n) is 4.93. The van der Waals surface area contributed by atoms with Crippen LogP contribution in [-0.2, 0) is 4.74 Å². The number of hydrogen-bond donors (Lipinski definition) is 2. The number of benzene rings is 2. The maximum absolute atomic E-state index is 9.04. The quantitative estimate of drug-likeness (QED) is 0.604. The molecule has 7 heteroatoms. The Kier molecular flexibility index (Phi) is 5.51. The monoisotopic (exact) mass is 408 g/mol. The fourth-order valence-corrected chi connectivity index (χ4v) is 3.41. The Morgan fingerprint density at radius 3 is 2.42 bits per heavy atom. The predicted molar refractivity (Wildman–Crippen MR) is 119 cm³/mol. The maximum Gasteiger partial charge on any atom is 0.229 e.